The third-order valence-corrected chi connectivity index (χ3v) is 6.37. The number of nitrogens with zero attached hydrogens (tertiary/aromatic N) is 4. The van der Waals surface area contributed by atoms with Gasteiger partial charge in [-0.25, -0.2) is 9.78 Å². The van der Waals surface area contributed by atoms with E-state index in [1.54, 1.807) is 17.6 Å². The predicted octanol–water partition coefficient (Wildman–Crippen LogP) is 2.98. The number of H-pyrrole nitrogens is 1. The van der Waals surface area contributed by atoms with E-state index in [-0.39, 0.29) is 11.3 Å². The monoisotopic (exact) mass is 401 g/mol. The van der Waals surface area contributed by atoms with Crippen molar-refractivity contribution in [2.24, 2.45) is 0 Å². The van der Waals surface area contributed by atoms with E-state index in [4.69, 9.17) is 0 Å². The largest absolute Gasteiger partial charge is 0.476 e. The van der Waals surface area contributed by atoms with Gasteiger partial charge < -0.3 is 10.0 Å². The van der Waals surface area contributed by atoms with Crippen LogP contribution in [0.25, 0.3) is 11.0 Å². The molecule has 0 aliphatic carbocycles. The van der Waals surface area contributed by atoms with Gasteiger partial charge in [0.05, 0.1) is 0 Å². The molecule has 1 saturated heterocycles. The van der Waals surface area contributed by atoms with Crippen molar-refractivity contribution < 1.29 is 9.90 Å². The van der Waals surface area contributed by atoms with Gasteiger partial charge in [-0.05, 0) is 32.3 Å². The fourth-order valence-corrected chi connectivity index (χ4v) is 4.85. The molecular weight excluding hydrogens is 378 g/mol. The maximum atomic E-state index is 12.1. The van der Waals surface area contributed by atoms with Crippen LogP contribution >= 0.6 is 11.3 Å². The summed E-state index contributed by atoms with van der Waals surface area (Å²) in [6.07, 6.45) is 2.72. The Hall–Kier alpha value is -2.68. The Morgan fingerprint density at radius 3 is 2.75 bits per heavy atom. The standard InChI is InChI=1S/C19H23N5O3S/c1-3-8-24-14(25)5-4-13-16(21-22-17(13)24)12-6-9-23(10-7-12)19-20-15(18(26)27)11(2)28-19/h4-5,12H,3,6-10H2,1-2H3,(H,21,22)(H,26,27). The third-order valence-electron chi connectivity index (χ3n) is 5.34. The van der Waals surface area contributed by atoms with E-state index < -0.39 is 5.97 Å². The van der Waals surface area contributed by atoms with Crippen molar-refractivity contribution in [3.63, 3.8) is 0 Å². The Kier molecular flexibility index (Phi) is 4.92. The van der Waals surface area contributed by atoms with Crippen LogP contribution in [-0.2, 0) is 6.54 Å². The first-order valence-electron chi connectivity index (χ1n) is 9.53. The summed E-state index contributed by atoms with van der Waals surface area (Å²) in [7, 11) is 0. The van der Waals surface area contributed by atoms with E-state index in [0.29, 0.717) is 12.5 Å². The van der Waals surface area contributed by atoms with Gasteiger partial charge in [0, 0.05) is 47.6 Å². The maximum absolute atomic E-state index is 12.1. The number of thiazole rings is 1. The van der Waals surface area contributed by atoms with Gasteiger partial charge in [-0.1, -0.05) is 6.92 Å². The average molecular weight is 401 g/mol. The maximum Gasteiger partial charge on any atom is 0.355 e. The molecule has 8 nitrogen and oxygen atoms in total. The fourth-order valence-electron chi connectivity index (χ4n) is 3.90. The number of carboxylic acid groups (broad SMARTS) is 1. The van der Waals surface area contributed by atoms with Gasteiger partial charge in [-0.15, -0.1) is 11.3 Å². The molecule has 0 amide bonds. The first-order valence-corrected chi connectivity index (χ1v) is 10.3. The van der Waals surface area contributed by atoms with Crippen LogP contribution < -0.4 is 10.5 Å². The summed E-state index contributed by atoms with van der Waals surface area (Å²) < 4.78 is 1.73. The summed E-state index contributed by atoms with van der Waals surface area (Å²) in [5, 5.41) is 18.6. The number of rotatable bonds is 5. The smallest absolute Gasteiger partial charge is 0.355 e. The van der Waals surface area contributed by atoms with Crippen molar-refractivity contribution in [2.75, 3.05) is 18.0 Å². The van der Waals surface area contributed by atoms with Crippen LogP contribution in [0, 0.1) is 6.92 Å². The van der Waals surface area contributed by atoms with Crippen LogP contribution in [0.1, 0.15) is 53.2 Å². The van der Waals surface area contributed by atoms with Crippen LogP contribution in [0.4, 0.5) is 5.13 Å². The number of anilines is 1. The van der Waals surface area contributed by atoms with Crippen molar-refractivity contribution in [1.82, 2.24) is 19.7 Å². The molecule has 0 unspecified atom stereocenters. The molecule has 4 heterocycles. The minimum absolute atomic E-state index is 0.0180. The number of hydrogen-bond acceptors (Lipinski definition) is 6. The molecule has 2 N–H and O–H groups in total. The lowest BCUT2D eigenvalue weighted by molar-refractivity contribution is 0.0690. The number of carboxylic acids is 1. The molecule has 0 atom stereocenters. The number of carbonyl (C=O) groups is 1. The first-order chi connectivity index (χ1) is 13.5. The minimum atomic E-state index is -0.975. The van der Waals surface area contributed by atoms with Crippen molar-refractivity contribution in [3.8, 4) is 0 Å². The van der Waals surface area contributed by atoms with Gasteiger partial charge in [-0.3, -0.25) is 14.5 Å². The van der Waals surface area contributed by atoms with E-state index >= 15 is 0 Å². The molecule has 1 aliphatic heterocycles. The molecule has 1 aliphatic rings. The summed E-state index contributed by atoms with van der Waals surface area (Å²) in [4.78, 5) is 30.6. The van der Waals surface area contributed by atoms with Crippen LogP contribution in [0.3, 0.4) is 0 Å². The van der Waals surface area contributed by atoms with Crippen LogP contribution in [0.15, 0.2) is 16.9 Å². The molecule has 148 valence electrons. The Morgan fingerprint density at radius 1 is 1.36 bits per heavy atom. The molecule has 0 spiro atoms. The second-order valence-electron chi connectivity index (χ2n) is 7.17. The van der Waals surface area contributed by atoms with Gasteiger partial charge in [-0.2, -0.15) is 5.10 Å². The molecule has 1 fully saturated rings. The number of fused-ring (bicyclic) bond motifs is 1. The summed E-state index contributed by atoms with van der Waals surface area (Å²) in [6.45, 7) is 6.13. The summed E-state index contributed by atoms with van der Waals surface area (Å²) in [5.74, 6) is -0.647. The molecule has 0 saturated carbocycles. The van der Waals surface area contributed by atoms with E-state index in [1.165, 1.54) is 11.3 Å². The number of aromatic nitrogens is 4. The molecule has 3 aromatic rings. The van der Waals surface area contributed by atoms with Crippen LogP contribution in [0.5, 0.6) is 0 Å². The molecule has 9 heteroatoms. The molecule has 0 radical (unpaired) electrons. The summed E-state index contributed by atoms with van der Waals surface area (Å²) in [5.41, 5.74) is 1.95. The zero-order valence-electron chi connectivity index (χ0n) is 15.9. The highest BCUT2D eigenvalue weighted by molar-refractivity contribution is 7.15. The van der Waals surface area contributed by atoms with Gasteiger partial charge >= 0.3 is 5.97 Å². The van der Waals surface area contributed by atoms with Crippen LogP contribution in [0.2, 0.25) is 0 Å². The lowest BCUT2D eigenvalue weighted by atomic mass is 9.92. The average Bonchev–Trinajstić information content (AvgIpc) is 3.28. The summed E-state index contributed by atoms with van der Waals surface area (Å²) >= 11 is 1.44. The van der Waals surface area contributed by atoms with Gasteiger partial charge in [0.1, 0.15) is 0 Å². The molecular formula is C19H23N5O3S. The molecule has 4 rings (SSSR count). The van der Waals surface area contributed by atoms with Crippen LogP contribution in [-0.4, -0.2) is 43.9 Å². The topological polar surface area (TPSA) is 104 Å². The number of aromatic carboxylic acids is 1. The second-order valence-corrected chi connectivity index (χ2v) is 8.35. The Balaban J connectivity index is 1.54. The van der Waals surface area contributed by atoms with Gasteiger partial charge in [0.15, 0.2) is 16.5 Å². The zero-order valence-corrected chi connectivity index (χ0v) is 16.8. The van der Waals surface area contributed by atoms with Crippen molar-refractivity contribution in [2.45, 2.75) is 45.6 Å². The second kappa shape index (κ2) is 7.38. The third kappa shape index (κ3) is 3.19. The van der Waals surface area contributed by atoms with Gasteiger partial charge in [0.2, 0.25) is 0 Å². The minimum Gasteiger partial charge on any atom is -0.476 e. The molecule has 28 heavy (non-hydrogen) atoms. The highest BCUT2D eigenvalue weighted by Gasteiger charge is 2.27. The van der Waals surface area contributed by atoms with E-state index in [2.05, 4.69) is 20.1 Å². The number of piperidine rings is 1. The molecule has 0 bridgehead atoms. The number of aryl methyl sites for hydroxylation is 2. The normalized spacial score (nSPS) is 15.4. The number of nitrogens with one attached hydrogen (secondary N) is 1. The fraction of sp³-hybridized carbons (Fsp3) is 0.474. The van der Waals surface area contributed by atoms with E-state index in [0.717, 1.165) is 59.1 Å². The lowest BCUT2D eigenvalue weighted by Crippen LogP contribution is -2.33. The Morgan fingerprint density at radius 2 is 2.11 bits per heavy atom. The highest BCUT2D eigenvalue weighted by atomic mass is 32.1. The first kappa shape index (κ1) is 18.7. The van der Waals surface area contributed by atoms with Crippen molar-refractivity contribution in [1.29, 1.82) is 0 Å². The lowest BCUT2D eigenvalue weighted by Gasteiger charge is -2.31. The molecule has 3 aromatic heterocycles. The Bertz CT molecular complexity index is 1080. The number of pyridine rings is 1. The number of aromatic amines is 1. The van der Waals surface area contributed by atoms with E-state index in [1.807, 2.05) is 13.0 Å². The molecule has 0 aromatic carbocycles. The van der Waals surface area contributed by atoms with Crippen molar-refractivity contribution >= 4 is 33.5 Å². The Labute approximate surface area is 165 Å². The highest BCUT2D eigenvalue weighted by Crippen LogP contribution is 2.34. The van der Waals surface area contributed by atoms with Crippen molar-refractivity contribution in [3.05, 3.63) is 38.8 Å². The predicted molar refractivity (Wildman–Crippen MR) is 109 cm³/mol. The van der Waals surface area contributed by atoms with Gasteiger partial charge in [0.25, 0.3) is 5.56 Å². The summed E-state index contributed by atoms with van der Waals surface area (Å²) in [6, 6.07) is 3.50. The number of hydrogen-bond donors (Lipinski definition) is 2. The SMILES string of the molecule is CCCn1c(=O)ccc2c(C3CCN(c4nc(C(=O)O)c(C)s4)CC3)[nH]nc21. The quantitative estimate of drug-likeness (QED) is 0.681. The zero-order chi connectivity index (χ0) is 19.8. The van der Waals surface area contributed by atoms with E-state index in [9.17, 15) is 14.7 Å².